The molecule has 96 valence electrons. The fourth-order valence-corrected chi connectivity index (χ4v) is 2.23. The van der Waals surface area contributed by atoms with Gasteiger partial charge in [-0.05, 0) is 42.9 Å². The summed E-state index contributed by atoms with van der Waals surface area (Å²) in [5.41, 5.74) is 7.77. The molecule has 17 heavy (non-hydrogen) atoms. The summed E-state index contributed by atoms with van der Waals surface area (Å²) in [5, 5.41) is 19.8. The molecule has 0 aliphatic carbocycles. The number of phenols is 1. The zero-order chi connectivity index (χ0) is 13.0. The summed E-state index contributed by atoms with van der Waals surface area (Å²) in [6.45, 7) is 5.94. The highest BCUT2D eigenvalue weighted by Crippen LogP contribution is 2.32. The van der Waals surface area contributed by atoms with Crippen LogP contribution in [0.1, 0.15) is 43.7 Å². The lowest BCUT2D eigenvalue weighted by atomic mass is 9.89. The van der Waals surface area contributed by atoms with Gasteiger partial charge in [-0.1, -0.05) is 26.0 Å². The van der Waals surface area contributed by atoms with Crippen molar-refractivity contribution in [1.82, 2.24) is 0 Å². The summed E-state index contributed by atoms with van der Waals surface area (Å²) in [7, 11) is 0. The van der Waals surface area contributed by atoms with Gasteiger partial charge in [-0.25, -0.2) is 0 Å². The maximum absolute atomic E-state index is 9.92. The summed E-state index contributed by atoms with van der Waals surface area (Å²) < 4.78 is 0. The van der Waals surface area contributed by atoms with Crippen molar-refractivity contribution in [3.8, 4) is 5.75 Å². The molecule has 1 aromatic carbocycles. The molecule has 0 saturated heterocycles. The van der Waals surface area contributed by atoms with Gasteiger partial charge in [0.15, 0.2) is 0 Å². The number of aryl methyl sites for hydroxylation is 1. The molecule has 4 N–H and O–H groups in total. The summed E-state index contributed by atoms with van der Waals surface area (Å²) in [6.07, 6.45) is 0.815. The molecule has 0 saturated carbocycles. The number of hydrogen-bond donors (Lipinski definition) is 3. The first kappa shape index (κ1) is 14.0. The molecular formula is C14H23NO2. The van der Waals surface area contributed by atoms with Gasteiger partial charge in [-0.15, -0.1) is 0 Å². The van der Waals surface area contributed by atoms with E-state index in [1.807, 2.05) is 32.9 Å². The van der Waals surface area contributed by atoms with E-state index >= 15 is 0 Å². The molecule has 0 spiro atoms. The van der Waals surface area contributed by atoms with E-state index in [-0.39, 0.29) is 12.0 Å². The first-order valence-corrected chi connectivity index (χ1v) is 6.19. The average molecular weight is 237 g/mol. The molecule has 0 aliphatic heterocycles. The number of rotatable bonds is 5. The summed E-state index contributed by atoms with van der Waals surface area (Å²) in [4.78, 5) is 0. The van der Waals surface area contributed by atoms with Crippen molar-refractivity contribution in [2.75, 3.05) is 0 Å². The maximum Gasteiger partial charge on any atom is 0.119 e. The van der Waals surface area contributed by atoms with E-state index in [9.17, 15) is 10.2 Å². The largest absolute Gasteiger partial charge is 0.508 e. The molecule has 0 bridgehead atoms. The first-order chi connectivity index (χ1) is 7.97. The van der Waals surface area contributed by atoms with E-state index in [0.29, 0.717) is 12.2 Å². The van der Waals surface area contributed by atoms with Crippen molar-refractivity contribution in [2.45, 2.75) is 51.7 Å². The fraction of sp³-hybridized carbons (Fsp3) is 0.571. The molecule has 3 nitrogen and oxygen atoms in total. The van der Waals surface area contributed by atoms with Crippen molar-refractivity contribution >= 4 is 0 Å². The number of benzene rings is 1. The van der Waals surface area contributed by atoms with Crippen LogP contribution >= 0.6 is 0 Å². The molecule has 3 atom stereocenters. The lowest BCUT2D eigenvalue weighted by Crippen LogP contribution is -2.34. The number of hydrogen-bond acceptors (Lipinski definition) is 3. The van der Waals surface area contributed by atoms with Gasteiger partial charge < -0.3 is 15.9 Å². The van der Waals surface area contributed by atoms with Crippen LogP contribution in [0, 0.1) is 6.92 Å². The second-order valence-electron chi connectivity index (χ2n) is 4.78. The van der Waals surface area contributed by atoms with Crippen LogP contribution in [0.5, 0.6) is 5.75 Å². The normalized spacial score (nSPS) is 16.5. The minimum absolute atomic E-state index is 0.101. The Hall–Kier alpha value is -1.06. The Morgan fingerprint density at radius 3 is 2.53 bits per heavy atom. The average Bonchev–Trinajstić information content (AvgIpc) is 2.27. The zero-order valence-electron chi connectivity index (χ0n) is 10.9. The molecule has 0 aromatic heterocycles. The van der Waals surface area contributed by atoms with Crippen LogP contribution in [0.4, 0.5) is 0 Å². The van der Waals surface area contributed by atoms with Gasteiger partial charge in [0.1, 0.15) is 5.75 Å². The highest BCUT2D eigenvalue weighted by Gasteiger charge is 2.20. The van der Waals surface area contributed by atoms with Crippen LogP contribution in [-0.2, 0) is 0 Å². The van der Waals surface area contributed by atoms with Gasteiger partial charge in [-0.2, -0.15) is 0 Å². The van der Waals surface area contributed by atoms with E-state index in [4.69, 9.17) is 5.73 Å². The van der Waals surface area contributed by atoms with Crippen LogP contribution < -0.4 is 5.73 Å². The quantitative estimate of drug-likeness (QED) is 0.736. The van der Waals surface area contributed by atoms with Crippen molar-refractivity contribution in [3.63, 3.8) is 0 Å². The van der Waals surface area contributed by atoms with Crippen molar-refractivity contribution in [2.24, 2.45) is 5.73 Å². The third kappa shape index (κ3) is 3.45. The van der Waals surface area contributed by atoms with Gasteiger partial charge in [0.25, 0.3) is 0 Å². The first-order valence-electron chi connectivity index (χ1n) is 6.19. The highest BCUT2D eigenvalue weighted by atomic mass is 16.3. The summed E-state index contributed by atoms with van der Waals surface area (Å²) in [6, 6.07) is 5.29. The molecule has 3 unspecified atom stereocenters. The fourth-order valence-electron chi connectivity index (χ4n) is 2.23. The van der Waals surface area contributed by atoms with Crippen molar-refractivity contribution in [3.05, 3.63) is 29.3 Å². The standard InChI is InChI=1S/C14H23NO2/c1-4-11(15)13(17)8-10(3)14-9(2)6-5-7-12(14)16/h5-7,10-11,13,16-17H,4,8,15H2,1-3H3. The molecule has 3 heteroatoms. The maximum atomic E-state index is 9.92. The molecule has 0 radical (unpaired) electrons. The number of phenolic OH excluding ortho intramolecular Hbond substituents is 1. The lowest BCUT2D eigenvalue weighted by molar-refractivity contribution is 0.126. The second kappa shape index (κ2) is 6.03. The third-order valence-electron chi connectivity index (χ3n) is 3.35. The van der Waals surface area contributed by atoms with Gasteiger partial charge >= 0.3 is 0 Å². The monoisotopic (exact) mass is 237 g/mol. The third-order valence-corrected chi connectivity index (χ3v) is 3.35. The smallest absolute Gasteiger partial charge is 0.119 e. The van der Waals surface area contributed by atoms with Crippen LogP contribution in [0.3, 0.4) is 0 Å². The predicted molar refractivity (Wildman–Crippen MR) is 70.1 cm³/mol. The Balaban J connectivity index is 2.79. The van der Waals surface area contributed by atoms with E-state index in [1.54, 1.807) is 6.07 Å². The Bertz CT molecular complexity index is 345. The molecular weight excluding hydrogens is 214 g/mol. The number of aliphatic hydroxyl groups excluding tert-OH is 1. The summed E-state index contributed by atoms with van der Waals surface area (Å²) >= 11 is 0. The zero-order valence-corrected chi connectivity index (χ0v) is 10.9. The van der Waals surface area contributed by atoms with E-state index in [0.717, 1.165) is 17.5 Å². The Morgan fingerprint density at radius 1 is 1.35 bits per heavy atom. The molecule has 0 aliphatic rings. The highest BCUT2D eigenvalue weighted by molar-refractivity contribution is 5.40. The van der Waals surface area contributed by atoms with Crippen LogP contribution in [-0.4, -0.2) is 22.4 Å². The molecule has 0 fully saturated rings. The van der Waals surface area contributed by atoms with Crippen molar-refractivity contribution < 1.29 is 10.2 Å². The van der Waals surface area contributed by atoms with E-state index in [2.05, 4.69) is 0 Å². The van der Waals surface area contributed by atoms with E-state index in [1.165, 1.54) is 0 Å². The predicted octanol–water partition coefficient (Wildman–Crippen LogP) is 2.29. The molecule has 0 amide bonds. The van der Waals surface area contributed by atoms with Crippen LogP contribution in [0.15, 0.2) is 18.2 Å². The van der Waals surface area contributed by atoms with Gasteiger partial charge in [0, 0.05) is 6.04 Å². The second-order valence-corrected chi connectivity index (χ2v) is 4.78. The van der Waals surface area contributed by atoms with Gasteiger partial charge in [0.05, 0.1) is 6.10 Å². The number of aromatic hydroxyl groups is 1. The van der Waals surface area contributed by atoms with Crippen LogP contribution in [0.2, 0.25) is 0 Å². The summed E-state index contributed by atoms with van der Waals surface area (Å²) in [5.74, 6) is 0.401. The van der Waals surface area contributed by atoms with E-state index < -0.39 is 6.10 Å². The Labute approximate surface area is 103 Å². The van der Waals surface area contributed by atoms with Crippen LogP contribution in [0.25, 0.3) is 0 Å². The SMILES string of the molecule is CCC(N)C(O)CC(C)c1c(C)cccc1O. The topological polar surface area (TPSA) is 66.5 Å². The Kier molecular flexibility index (Phi) is 4.97. The number of aliphatic hydroxyl groups is 1. The number of nitrogens with two attached hydrogens (primary N) is 1. The van der Waals surface area contributed by atoms with Gasteiger partial charge in [0.2, 0.25) is 0 Å². The van der Waals surface area contributed by atoms with Crippen molar-refractivity contribution in [1.29, 1.82) is 0 Å². The minimum atomic E-state index is -0.519. The minimum Gasteiger partial charge on any atom is -0.508 e. The lowest BCUT2D eigenvalue weighted by Gasteiger charge is -2.23. The molecule has 1 aromatic rings. The van der Waals surface area contributed by atoms with Gasteiger partial charge in [-0.3, -0.25) is 0 Å². The Morgan fingerprint density at radius 2 is 2.00 bits per heavy atom. The molecule has 1 rings (SSSR count). The molecule has 0 heterocycles.